The zero-order chi connectivity index (χ0) is 18.0. The molecule has 4 nitrogen and oxygen atoms in total. The number of piperidine rings is 1. The summed E-state index contributed by atoms with van der Waals surface area (Å²) in [5.41, 5.74) is 2.09. The van der Waals surface area contributed by atoms with E-state index in [4.69, 9.17) is 0 Å². The third-order valence-corrected chi connectivity index (χ3v) is 5.60. The van der Waals surface area contributed by atoms with Crippen LogP contribution in [0.2, 0.25) is 0 Å². The van der Waals surface area contributed by atoms with Gasteiger partial charge in [0.2, 0.25) is 5.91 Å². The van der Waals surface area contributed by atoms with Crippen LogP contribution >= 0.6 is 0 Å². The van der Waals surface area contributed by atoms with Crippen LogP contribution in [0.15, 0.2) is 24.3 Å². The fourth-order valence-electron chi connectivity index (χ4n) is 3.51. The second-order valence-corrected chi connectivity index (χ2v) is 8.53. The molecular weight excluding hydrogens is 312 g/mol. The minimum atomic E-state index is 0.0958. The Hall–Kier alpha value is -1.84. The van der Waals surface area contributed by atoms with E-state index in [-0.39, 0.29) is 29.2 Å². The van der Waals surface area contributed by atoms with Crippen molar-refractivity contribution < 1.29 is 9.59 Å². The molecule has 2 fully saturated rings. The summed E-state index contributed by atoms with van der Waals surface area (Å²) >= 11 is 0. The van der Waals surface area contributed by atoms with E-state index in [0.29, 0.717) is 0 Å². The lowest BCUT2D eigenvalue weighted by Crippen LogP contribution is -2.48. The average molecular weight is 342 g/mol. The van der Waals surface area contributed by atoms with Gasteiger partial charge in [0, 0.05) is 30.6 Å². The number of carbonyl (C=O) groups is 2. The van der Waals surface area contributed by atoms with Crippen molar-refractivity contribution in [2.24, 2.45) is 5.92 Å². The Labute approximate surface area is 151 Å². The van der Waals surface area contributed by atoms with Gasteiger partial charge in [-0.05, 0) is 48.8 Å². The SMILES string of the molecule is CC(C)(C)c1ccc(C(=O)N2CCC(NC(=O)C3CCC3)CC2)cc1. The minimum absolute atomic E-state index is 0.0958. The summed E-state index contributed by atoms with van der Waals surface area (Å²) in [5, 5.41) is 3.17. The number of likely N-dealkylation sites (tertiary alicyclic amines) is 1. The molecule has 1 aromatic rings. The molecule has 136 valence electrons. The maximum Gasteiger partial charge on any atom is 0.253 e. The Balaban J connectivity index is 1.52. The Morgan fingerprint density at radius 3 is 2.08 bits per heavy atom. The minimum Gasteiger partial charge on any atom is -0.353 e. The normalized spacial score (nSPS) is 19.4. The van der Waals surface area contributed by atoms with Gasteiger partial charge < -0.3 is 10.2 Å². The lowest BCUT2D eigenvalue weighted by Gasteiger charge is -2.34. The number of hydrogen-bond acceptors (Lipinski definition) is 2. The monoisotopic (exact) mass is 342 g/mol. The lowest BCUT2D eigenvalue weighted by atomic mass is 9.84. The van der Waals surface area contributed by atoms with E-state index >= 15 is 0 Å². The van der Waals surface area contributed by atoms with E-state index < -0.39 is 0 Å². The van der Waals surface area contributed by atoms with Crippen LogP contribution in [0.1, 0.15) is 68.8 Å². The highest BCUT2D eigenvalue weighted by Gasteiger charge is 2.29. The Kier molecular flexibility index (Phi) is 5.16. The molecule has 2 amide bonds. The smallest absolute Gasteiger partial charge is 0.253 e. The first-order valence-corrected chi connectivity index (χ1v) is 9.55. The molecule has 25 heavy (non-hydrogen) atoms. The van der Waals surface area contributed by atoms with Crippen LogP contribution in [0, 0.1) is 5.92 Å². The molecule has 1 aromatic carbocycles. The predicted octanol–water partition coefficient (Wildman–Crippen LogP) is 3.51. The molecule has 1 N–H and O–H groups in total. The van der Waals surface area contributed by atoms with Gasteiger partial charge in [-0.1, -0.05) is 39.3 Å². The van der Waals surface area contributed by atoms with Gasteiger partial charge in [0.1, 0.15) is 0 Å². The van der Waals surface area contributed by atoms with Crippen molar-refractivity contribution in [1.29, 1.82) is 0 Å². The Morgan fingerprint density at radius 2 is 1.60 bits per heavy atom. The lowest BCUT2D eigenvalue weighted by molar-refractivity contribution is -0.128. The number of amides is 2. The van der Waals surface area contributed by atoms with Crippen molar-refractivity contribution in [3.63, 3.8) is 0 Å². The maximum atomic E-state index is 12.7. The molecule has 1 saturated carbocycles. The zero-order valence-electron chi connectivity index (χ0n) is 15.7. The molecule has 1 heterocycles. The molecule has 1 saturated heterocycles. The molecule has 0 atom stereocenters. The highest BCUT2D eigenvalue weighted by molar-refractivity contribution is 5.94. The zero-order valence-corrected chi connectivity index (χ0v) is 15.7. The van der Waals surface area contributed by atoms with Crippen molar-refractivity contribution in [2.75, 3.05) is 13.1 Å². The standard InChI is InChI=1S/C21H30N2O2/c1-21(2,3)17-9-7-16(8-10-17)20(25)23-13-11-18(12-14-23)22-19(24)15-5-4-6-15/h7-10,15,18H,4-6,11-14H2,1-3H3,(H,22,24). The first kappa shape index (κ1) is 18.0. The van der Waals surface area contributed by atoms with E-state index in [1.807, 2.05) is 17.0 Å². The van der Waals surface area contributed by atoms with Crippen LogP contribution in [-0.2, 0) is 10.2 Å². The number of hydrogen-bond donors (Lipinski definition) is 1. The van der Waals surface area contributed by atoms with Gasteiger partial charge >= 0.3 is 0 Å². The quantitative estimate of drug-likeness (QED) is 0.914. The molecule has 0 unspecified atom stereocenters. The maximum absolute atomic E-state index is 12.7. The van der Waals surface area contributed by atoms with Gasteiger partial charge in [-0.15, -0.1) is 0 Å². The number of nitrogens with zero attached hydrogens (tertiary/aromatic N) is 1. The van der Waals surface area contributed by atoms with E-state index in [1.54, 1.807) is 0 Å². The van der Waals surface area contributed by atoms with Gasteiger partial charge in [0.05, 0.1) is 0 Å². The van der Waals surface area contributed by atoms with Gasteiger partial charge in [0.25, 0.3) is 5.91 Å². The third-order valence-electron chi connectivity index (χ3n) is 5.60. The third kappa shape index (κ3) is 4.23. The van der Waals surface area contributed by atoms with Crippen LogP contribution < -0.4 is 5.32 Å². The second kappa shape index (κ2) is 7.19. The van der Waals surface area contributed by atoms with Crippen molar-refractivity contribution in [3.05, 3.63) is 35.4 Å². The number of nitrogens with one attached hydrogen (secondary N) is 1. The summed E-state index contributed by atoms with van der Waals surface area (Å²) in [6, 6.07) is 8.21. The van der Waals surface area contributed by atoms with Crippen LogP contribution in [0.4, 0.5) is 0 Å². The van der Waals surface area contributed by atoms with E-state index in [2.05, 4.69) is 38.2 Å². The molecular formula is C21H30N2O2. The highest BCUT2D eigenvalue weighted by atomic mass is 16.2. The summed E-state index contributed by atoms with van der Waals surface area (Å²) in [6.07, 6.45) is 4.95. The summed E-state index contributed by atoms with van der Waals surface area (Å²) in [7, 11) is 0. The van der Waals surface area contributed by atoms with Crippen LogP contribution in [-0.4, -0.2) is 35.8 Å². The number of benzene rings is 1. The molecule has 1 aliphatic heterocycles. The van der Waals surface area contributed by atoms with Crippen molar-refractivity contribution in [1.82, 2.24) is 10.2 Å². The molecule has 4 heteroatoms. The fraction of sp³-hybridized carbons (Fsp3) is 0.619. The summed E-state index contributed by atoms with van der Waals surface area (Å²) in [4.78, 5) is 26.7. The van der Waals surface area contributed by atoms with Gasteiger partial charge in [-0.25, -0.2) is 0 Å². The van der Waals surface area contributed by atoms with Gasteiger partial charge in [-0.2, -0.15) is 0 Å². The highest BCUT2D eigenvalue weighted by Crippen LogP contribution is 2.27. The Bertz CT molecular complexity index is 618. The number of rotatable bonds is 3. The van der Waals surface area contributed by atoms with Crippen molar-refractivity contribution in [3.8, 4) is 0 Å². The van der Waals surface area contributed by atoms with E-state index in [9.17, 15) is 9.59 Å². The molecule has 1 aliphatic carbocycles. The summed E-state index contributed by atoms with van der Waals surface area (Å²) in [5.74, 6) is 0.555. The topological polar surface area (TPSA) is 49.4 Å². The molecule has 0 aromatic heterocycles. The first-order valence-electron chi connectivity index (χ1n) is 9.55. The Morgan fingerprint density at radius 1 is 1.00 bits per heavy atom. The van der Waals surface area contributed by atoms with Crippen LogP contribution in [0.25, 0.3) is 0 Å². The second-order valence-electron chi connectivity index (χ2n) is 8.53. The average Bonchev–Trinajstić information content (AvgIpc) is 2.52. The fourth-order valence-corrected chi connectivity index (χ4v) is 3.51. The summed E-state index contributed by atoms with van der Waals surface area (Å²) in [6.45, 7) is 7.95. The molecule has 2 aliphatic rings. The van der Waals surface area contributed by atoms with Gasteiger partial charge in [0.15, 0.2) is 0 Å². The van der Waals surface area contributed by atoms with Crippen molar-refractivity contribution in [2.45, 2.75) is 64.3 Å². The van der Waals surface area contributed by atoms with Crippen LogP contribution in [0.3, 0.4) is 0 Å². The van der Waals surface area contributed by atoms with Gasteiger partial charge in [-0.3, -0.25) is 9.59 Å². The summed E-state index contributed by atoms with van der Waals surface area (Å²) < 4.78 is 0. The van der Waals surface area contributed by atoms with E-state index in [1.165, 1.54) is 12.0 Å². The molecule has 0 spiro atoms. The largest absolute Gasteiger partial charge is 0.353 e. The molecule has 0 radical (unpaired) electrons. The number of carbonyl (C=O) groups excluding carboxylic acids is 2. The molecule has 3 rings (SSSR count). The first-order chi connectivity index (χ1) is 11.8. The predicted molar refractivity (Wildman–Crippen MR) is 99.6 cm³/mol. The van der Waals surface area contributed by atoms with E-state index in [0.717, 1.165) is 44.3 Å². The molecule has 0 bridgehead atoms. The van der Waals surface area contributed by atoms with Crippen molar-refractivity contribution >= 4 is 11.8 Å². The van der Waals surface area contributed by atoms with Crippen LogP contribution in [0.5, 0.6) is 0 Å².